The number of benzene rings is 1. The van der Waals surface area contributed by atoms with Crippen LogP contribution < -0.4 is 16.2 Å². The van der Waals surface area contributed by atoms with Crippen LogP contribution in [0.25, 0.3) is 0 Å². The number of amidine groups is 1. The standard InChI is InChI=1S/C31H52N8O5/c1-5-7-8-24(3)9-11-38(22-30(43)44)13-15-39(14-12-37(10-6-2)21-29(41)42)20-28(40)32-19-26-16-25(4)17-27(18-26)31-35-33-23-34-36-31/h16-18,23-24H,5-15,19-22H2,1-4H3,(H,32,40)(H,33,34)(H,35,36)(H,41,42)(H,43,44)/t24-/m1/s1. The zero-order valence-electron chi connectivity index (χ0n) is 26.8. The van der Waals surface area contributed by atoms with Crippen LogP contribution in [0.1, 0.15) is 69.6 Å². The zero-order valence-corrected chi connectivity index (χ0v) is 26.8. The molecule has 1 heterocycles. The summed E-state index contributed by atoms with van der Waals surface area (Å²) < 4.78 is 0. The molecule has 0 spiro atoms. The van der Waals surface area contributed by atoms with E-state index in [0.29, 0.717) is 57.6 Å². The molecule has 1 aliphatic rings. The van der Waals surface area contributed by atoms with Gasteiger partial charge in [0.25, 0.3) is 0 Å². The van der Waals surface area contributed by atoms with Gasteiger partial charge in [-0.15, -0.1) is 0 Å². The molecule has 1 aromatic carbocycles. The molecule has 13 nitrogen and oxygen atoms in total. The van der Waals surface area contributed by atoms with Gasteiger partial charge in [0, 0.05) is 38.3 Å². The molecule has 0 saturated heterocycles. The summed E-state index contributed by atoms with van der Waals surface area (Å²) in [5.74, 6) is -0.828. The van der Waals surface area contributed by atoms with E-state index >= 15 is 0 Å². The molecule has 1 atom stereocenters. The van der Waals surface area contributed by atoms with Crippen molar-refractivity contribution in [2.24, 2.45) is 16.1 Å². The highest BCUT2D eigenvalue weighted by Crippen LogP contribution is 2.13. The van der Waals surface area contributed by atoms with Gasteiger partial charge in [0.2, 0.25) is 5.91 Å². The van der Waals surface area contributed by atoms with E-state index in [4.69, 9.17) is 0 Å². The number of nitrogens with zero attached hydrogens (tertiary/aromatic N) is 5. The van der Waals surface area contributed by atoms with Crippen LogP contribution in [-0.2, 0) is 20.9 Å². The highest BCUT2D eigenvalue weighted by atomic mass is 16.4. The van der Waals surface area contributed by atoms with Gasteiger partial charge in [0.15, 0.2) is 5.84 Å². The minimum absolute atomic E-state index is 0.0574. The number of amides is 1. The quantitative estimate of drug-likeness (QED) is 0.123. The topological polar surface area (TPSA) is 162 Å². The van der Waals surface area contributed by atoms with Crippen molar-refractivity contribution in [2.45, 2.75) is 66.3 Å². The second-order valence-electron chi connectivity index (χ2n) is 11.6. The fraction of sp³-hybridized carbons (Fsp3) is 0.645. The molecule has 0 saturated carbocycles. The number of unbranched alkanes of at least 4 members (excludes halogenated alkanes) is 1. The number of carbonyl (C=O) groups is 3. The van der Waals surface area contributed by atoms with Gasteiger partial charge < -0.3 is 15.5 Å². The Balaban J connectivity index is 2.06. The first-order valence-electron chi connectivity index (χ1n) is 15.7. The van der Waals surface area contributed by atoms with Gasteiger partial charge in [0.05, 0.1) is 19.6 Å². The van der Waals surface area contributed by atoms with E-state index in [1.165, 1.54) is 6.34 Å². The molecule has 5 N–H and O–H groups in total. The van der Waals surface area contributed by atoms with Gasteiger partial charge in [-0.05, 0) is 56.5 Å². The Hall–Kier alpha value is -3.55. The summed E-state index contributed by atoms with van der Waals surface area (Å²) in [6.45, 7) is 12.0. The van der Waals surface area contributed by atoms with Crippen LogP contribution in [0.15, 0.2) is 28.4 Å². The molecule has 0 aliphatic carbocycles. The zero-order chi connectivity index (χ0) is 32.3. The number of carboxylic acid groups (broad SMARTS) is 2. The Morgan fingerprint density at radius 1 is 0.864 bits per heavy atom. The third-order valence-electron chi connectivity index (χ3n) is 7.45. The van der Waals surface area contributed by atoms with Crippen molar-refractivity contribution < 1.29 is 24.6 Å². The van der Waals surface area contributed by atoms with E-state index in [9.17, 15) is 24.6 Å². The third-order valence-corrected chi connectivity index (χ3v) is 7.45. The monoisotopic (exact) mass is 616 g/mol. The Kier molecular flexibility index (Phi) is 17.0. The summed E-state index contributed by atoms with van der Waals surface area (Å²) in [4.78, 5) is 41.9. The molecular formula is C31H52N8O5. The molecule has 1 aromatic rings. The number of hydrogen-bond donors (Lipinski definition) is 5. The Bertz CT molecular complexity index is 1110. The van der Waals surface area contributed by atoms with E-state index in [0.717, 1.165) is 48.8 Å². The van der Waals surface area contributed by atoms with E-state index in [-0.39, 0.29) is 25.5 Å². The van der Waals surface area contributed by atoms with Crippen LogP contribution in [0.5, 0.6) is 0 Å². The van der Waals surface area contributed by atoms with Crippen LogP contribution in [0.2, 0.25) is 0 Å². The summed E-state index contributed by atoms with van der Waals surface area (Å²) in [5, 5.41) is 30.0. The van der Waals surface area contributed by atoms with Crippen molar-refractivity contribution in [1.82, 2.24) is 30.9 Å². The molecule has 13 heteroatoms. The summed E-state index contributed by atoms with van der Waals surface area (Å²) in [5.41, 5.74) is 8.36. The molecule has 0 bridgehead atoms. The average molecular weight is 617 g/mol. The number of carbonyl (C=O) groups excluding carboxylic acids is 1. The highest BCUT2D eigenvalue weighted by molar-refractivity contribution is 6.00. The fourth-order valence-corrected chi connectivity index (χ4v) is 5.10. The lowest BCUT2D eigenvalue weighted by Crippen LogP contribution is -2.46. The van der Waals surface area contributed by atoms with Crippen LogP contribution in [0.3, 0.4) is 0 Å². The molecule has 0 aromatic heterocycles. The van der Waals surface area contributed by atoms with Crippen molar-refractivity contribution in [3.8, 4) is 0 Å². The van der Waals surface area contributed by atoms with Crippen molar-refractivity contribution in [3.05, 3.63) is 34.9 Å². The number of hydrazone groups is 2. The normalized spacial score (nSPS) is 13.5. The lowest BCUT2D eigenvalue weighted by Gasteiger charge is -2.29. The van der Waals surface area contributed by atoms with Crippen molar-refractivity contribution in [1.29, 1.82) is 0 Å². The van der Waals surface area contributed by atoms with Crippen molar-refractivity contribution in [3.63, 3.8) is 0 Å². The largest absolute Gasteiger partial charge is 0.480 e. The van der Waals surface area contributed by atoms with Gasteiger partial charge in [0.1, 0.15) is 6.34 Å². The lowest BCUT2D eigenvalue weighted by molar-refractivity contribution is -0.139. The number of aryl methyl sites for hydroxylation is 1. The number of nitrogens with one attached hydrogen (secondary N) is 3. The Labute approximate surface area is 261 Å². The smallest absolute Gasteiger partial charge is 0.317 e. The second-order valence-corrected chi connectivity index (χ2v) is 11.6. The number of aliphatic carboxylic acids is 2. The van der Waals surface area contributed by atoms with E-state index in [1.807, 2.05) is 46.7 Å². The van der Waals surface area contributed by atoms with Crippen LogP contribution in [-0.4, -0.2) is 114 Å². The number of rotatable bonds is 23. The SMILES string of the molecule is CCCC[C@@H](C)CCN(CCN(CCN(CCC)CC(=O)O)CC(=O)NCc1cc(C)cc(C2=NNC=NN2)c1)CC(=O)O. The van der Waals surface area contributed by atoms with Crippen LogP contribution in [0.4, 0.5) is 0 Å². The predicted molar refractivity (Wildman–Crippen MR) is 173 cm³/mol. The number of hydrogen-bond acceptors (Lipinski definition) is 10. The van der Waals surface area contributed by atoms with Gasteiger partial charge in [-0.2, -0.15) is 10.2 Å². The Morgan fingerprint density at radius 2 is 1.50 bits per heavy atom. The van der Waals surface area contributed by atoms with Gasteiger partial charge in [-0.1, -0.05) is 51.7 Å². The van der Waals surface area contributed by atoms with Crippen LogP contribution >= 0.6 is 0 Å². The van der Waals surface area contributed by atoms with E-state index < -0.39 is 11.9 Å². The highest BCUT2D eigenvalue weighted by Gasteiger charge is 2.18. The molecule has 44 heavy (non-hydrogen) atoms. The number of carboxylic acids is 2. The fourth-order valence-electron chi connectivity index (χ4n) is 5.10. The summed E-state index contributed by atoms with van der Waals surface area (Å²) in [6, 6.07) is 5.93. The molecule has 2 rings (SSSR count). The predicted octanol–water partition coefficient (Wildman–Crippen LogP) is 2.11. The molecule has 1 amide bonds. The third kappa shape index (κ3) is 15.3. The second kappa shape index (κ2) is 20.4. The maximum absolute atomic E-state index is 13.2. The average Bonchev–Trinajstić information content (AvgIpc) is 2.98. The molecule has 0 radical (unpaired) electrons. The molecular weight excluding hydrogens is 564 g/mol. The first kappa shape index (κ1) is 36.6. The maximum Gasteiger partial charge on any atom is 0.317 e. The summed E-state index contributed by atoms with van der Waals surface area (Å²) in [6.07, 6.45) is 6.61. The molecule has 1 aliphatic heterocycles. The minimum atomic E-state index is -0.887. The van der Waals surface area contributed by atoms with Crippen molar-refractivity contribution in [2.75, 3.05) is 58.9 Å². The summed E-state index contributed by atoms with van der Waals surface area (Å²) in [7, 11) is 0. The molecule has 0 fully saturated rings. The van der Waals surface area contributed by atoms with Gasteiger partial charge in [-0.25, -0.2) is 0 Å². The first-order valence-corrected chi connectivity index (χ1v) is 15.7. The van der Waals surface area contributed by atoms with E-state index in [1.54, 1.807) is 0 Å². The maximum atomic E-state index is 13.2. The summed E-state index contributed by atoms with van der Waals surface area (Å²) >= 11 is 0. The molecule has 246 valence electrons. The lowest BCUT2D eigenvalue weighted by atomic mass is 10.0. The van der Waals surface area contributed by atoms with Crippen molar-refractivity contribution >= 4 is 30.0 Å². The van der Waals surface area contributed by atoms with E-state index in [2.05, 4.69) is 40.2 Å². The molecule has 0 unspecified atom stereocenters. The van der Waals surface area contributed by atoms with Crippen LogP contribution in [0, 0.1) is 12.8 Å². The first-order chi connectivity index (χ1) is 21.1. The van der Waals surface area contributed by atoms with Gasteiger partial charge >= 0.3 is 11.9 Å². The minimum Gasteiger partial charge on any atom is -0.480 e. The van der Waals surface area contributed by atoms with Gasteiger partial charge in [-0.3, -0.25) is 39.9 Å². The Morgan fingerprint density at radius 3 is 2.07 bits per heavy atom.